The van der Waals surface area contributed by atoms with Crippen molar-refractivity contribution in [3.8, 4) is 0 Å². The Bertz CT molecular complexity index is 688. The Labute approximate surface area is 120 Å². The third-order valence-electron chi connectivity index (χ3n) is 3.46. The van der Waals surface area contributed by atoms with Gasteiger partial charge in [-0.2, -0.15) is 0 Å². The molecule has 0 saturated heterocycles. The Morgan fingerprint density at radius 2 is 2.10 bits per heavy atom. The van der Waals surface area contributed by atoms with E-state index in [2.05, 4.69) is 4.72 Å². The molecule has 0 aromatic heterocycles. The maximum Gasteiger partial charge on any atom is 0.274 e. The molecule has 0 bridgehead atoms. The molecule has 10 heteroatoms. The second-order valence-corrected chi connectivity index (χ2v) is 7.04. The standard InChI is InChI=1S/C11H15FN4O4S/c1-11(2-3-11)6-14-21(19,20)10-8(12)4-7(16(17)18)5-9(10)15-13/h4-5,14-15H,2-3,6,13H2,1H3. The fourth-order valence-corrected chi connectivity index (χ4v) is 3.20. The van der Waals surface area contributed by atoms with Crippen molar-refractivity contribution >= 4 is 21.4 Å². The van der Waals surface area contributed by atoms with E-state index in [1.165, 1.54) is 0 Å². The van der Waals surface area contributed by atoms with Crippen molar-refractivity contribution in [1.82, 2.24) is 4.72 Å². The average Bonchev–Trinajstić information content (AvgIpc) is 3.14. The summed E-state index contributed by atoms with van der Waals surface area (Å²) in [6.45, 7) is 2.08. The van der Waals surface area contributed by atoms with Gasteiger partial charge in [0.1, 0.15) is 4.90 Å². The highest BCUT2D eigenvalue weighted by atomic mass is 32.2. The van der Waals surface area contributed by atoms with Gasteiger partial charge in [-0.25, -0.2) is 17.5 Å². The van der Waals surface area contributed by atoms with E-state index in [0.717, 1.165) is 18.9 Å². The van der Waals surface area contributed by atoms with E-state index in [4.69, 9.17) is 5.84 Å². The van der Waals surface area contributed by atoms with Gasteiger partial charge in [0.15, 0.2) is 5.82 Å². The number of anilines is 1. The summed E-state index contributed by atoms with van der Waals surface area (Å²) >= 11 is 0. The van der Waals surface area contributed by atoms with Gasteiger partial charge in [0.05, 0.1) is 16.7 Å². The highest BCUT2D eigenvalue weighted by Crippen LogP contribution is 2.44. The van der Waals surface area contributed by atoms with Crippen LogP contribution in [0.25, 0.3) is 0 Å². The van der Waals surface area contributed by atoms with Crippen LogP contribution in [0.15, 0.2) is 17.0 Å². The number of hydrogen-bond donors (Lipinski definition) is 3. The lowest BCUT2D eigenvalue weighted by Gasteiger charge is -2.14. The van der Waals surface area contributed by atoms with Gasteiger partial charge in [-0.05, 0) is 18.3 Å². The molecule has 1 aliphatic rings. The van der Waals surface area contributed by atoms with E-state index in [1.54, 1.807) is 0 Å². The molecule has 0 unspecified atom stereocenters. The molecule has 2 rings (SSSR count). The Kier molecular flexibility index (Phi) is 3.87. The Balaban J connectivity index is 2.39. The lowest BCUT2D eigenvalue weighted by Crippen LogP contribution is -2.31. The van der Waals surface area contributed by atoms with Crippen LogP contribution in [0.3, 0.4) is 0 Å². The summed E-state index contributed by atoms with van der Waals surface area (Å²) in [6.07, 6.45) is 1.78. The third kappa shape index (κ3) is 3.28. The Hall–Kier alpha value is -1.78. The molecule has 21 heavy (non-hydrogen) atoms. The number of hydrazine groups is 1. The Morgan fingerprint density at radius 3 is 2.57 bits per heavy atom. The van der Waals surface area contributed by atoms with Gasteiger partial charge in [0, 0.05) is 12.6 Å². The van der Waals surface area contributed by atoms with Crippen LogP contribution in [0.4, 0.5) is 15.8 Å². The molecule has 1 aromatic carbocycles. The van der Waals surface area contributed by atoms with E-state index >= 15 is 0 Å². The summed E-state index contributed by atoms with van der Waals surface area (Å²) in [5.41, 5.74) is 0.922. The minimum absolute atomic E-state index is 0.110. The molecule has 1 fully saturated rings. The zero-order chi connectivity index (χ0) is 15.8. The maximum absolute atomic E-state index is 14.0. The predicted octanol–water partition coefficient (Wildman–Crippen LogP) is 1.10. The summed E-state index contributed by atoms with van der Waals surface area (Å²) in [5.74, 6) is 3.92. The number of nitrogen functional groups attached to an aromatic ring is 1. The molecule has 1 saturated carbocycles. The first-order valence-corrected chi connectivity index (χ1v) is 7.61. The van der Waals surface area contributed by atoms with Crippen molar-refractivity contribution in [3.05, 3.63) is 28.1 Å². The third-order valence-corrected chi connectivity index (χ3v) is 4.93. The topological polar surface area (TPSA) is 127 Å². The average molecular weight is 318 g/mol. The van der Waals surface area contributed by atoms with Gasteiger partial charge < -0.3 is 5.43 Å². The van der Waals surface area contributed by atoms with Crippen molar-refractivity contribution in [3.63, 3.8) is 0 Å². The predicted molar refractivity (Wildman–Crippen MR) is 73.4 cm³/mol. The van der Waals surface area contributed by atoms with Crippen LogP contribution in [0, 0.1) is 21.3 Å². The molecule has 0 radical (unpaired) electrons. The number of nitrogens with one attached hydrogen (secondary N) is 2. The number of nitro groups is 1. The largest absolute Gasteiger partial charge is 0.323 e. The van der Waals surface area contributed by atoms with E-state index < -0.39 is 31.3 Å². The number of halogens is 1. The second-order valence-electron chi connectivity index (χ2n) is 5.34. The Morgan fingerprint density at radius 1 is 1.48 bits per heavy atom. The number of nitro benzene ring substituents is 1. The smallest absolute Gasteiger partial charge is 0.274 e. The normalized spacial score (nSPS) is 16.5. The molecule has 1 aromatic rings. The second kappa shape index (κ2) is 5.20. The first-order valence-electron chi connectivity index (χ1n) is 6.13. The number of nitrogens with two attached hydrogens (primary N) is 1. The number of nitrogens with zero attached hydrogens (tertiary/aromatic N) is 1. The molecule has 1 aliphatic carbocycles. The number of sulfonamides is 1. The quantitative estimate of drug-likeness (QED) is 0.409. The van der Waals surface area contributed by atoms with Crippen molar-refractivity contribution in [2.45, 2.75) is 24.7 Å². The maximum atomic E-state index is 14.0. The van der Waals surface area contributed by atoms with Crippen LogP contribution in [0.2, 0.25) is 0 Å². The first kappa shape index (κ1) is 15.6. The highest BCUT2D eigenvalue weighted by Gasteiger charge is 2.39. The van der Waals surface area contributed by atoms with Gasteiger partial charge in [0.25, 0.3) is 5.69 Å². The van der Waals surface area contributed by atoms with Crippen molar-refractivity contribution in [2.24, 2.45) is 11.3 Å². The number of rotatable bonds is 6. The zero-order valence-electron chi connectivity index (χ0n) is 11.2. The van der Waals surface area contributed by atoms with E-state index in [0.29, 0.717) is 6.07 Å². The number of benzene rings is 1. The summed E-state index contributed by atoms with van der Waals surface area (Å²) in [6, 6.07) is 1.42. The molecule has 0 amide bonds. The summed E-state index contributed by atoms with van der Waals surface area (Å²) < 4.78 is 40.6. The van der Waals surface area contributed by atoms with Gasteiger partial charge >= 0.3 is 0 Å². The first-order chi connectivity index (χ1) is 9.68. The van der Waals surface area contributed by atoms with Crippen LogP contribution < -0.4 is 16.0 Å². The van der Waals surface area contributed by atoms with Crippen molar-refractivity contribution in [1.29, 1.82) is 0 Å². The van der Waals surface area contributed by atoms with Gasteiger partial charge in [-0.3, -0.25) is 16.0 Å². The molecule has 116 valence electrons. The molecule has 0 aliphatic heterocycles. The fraction of sp³-hybridized carbons (Fsp3) is 0.455. The minimum atomic E-state index is -4.16. The van der Waals surface area contributed by atoms with Crippen LogP contribution in [-0.2, 0) is 10.0 Å². The monoisotopic (exact) mass is 318 g/mol. The van der Waals surface area contributed by atoms with E-state index in [1.807, 2.05) is 12.3 Å². The van der Waals surface area contributed by atoms with Crippen molar-refractivity contribution < 1.29 is 17.7 Å². The molecule has 0 heterocycles. The van der Waals surface area contributed by atoms with E-state index in [9.17, 15) is 22.9 Å². The molecule has 4 N–H and O–H groups in total. The number of non-ortho nitro benzene ring substituents is 1. The van der Waals surface area contributed by atoms with Crippen LogP contribution >= 0.6 is 0 Å². The molecular formula is C11H15FN4O4S. The summed E-state index contributed by atoms with van der Waals surface area (Å²) in [7, 11) is -4.16. The molecular weight excluding hydrogens is 303 g/mol. The van der Waals surface area contributed by atoms with Gasteiger partial charge in [-0.15, -0.1) is 0 Å². The molecule has 8 nitrogen and oxygen atoms in total. The van der Waals surface area contributed by atoms with Crippen LogP contribution in [0.5, 0.6) is 0 Å². The highest BCUT2D eigenvalue weighted by molar-refractivity contribution is 7.89. The molecule has 0 spiro atoms. The zero-order valence-corrected chi connectivity index (χ0v) is 12.0. The summed E-state index contributed by atoms with van der Waals surface area (Å²) in [5, 5.41) is 10.7. The SMILES string of the molecule is CC1(CNS(=O)(=O)c2c(F)cc([N+](=O)[O-])cc2NN)CC1. The number of hydrogen-bond acceptors (Lipinski definition) is 6. The molecule has 0 atom stereocenters. The minimum Gasteiger partial charge on any atom is -0.323 e. The van der Waals surface area contributed by atoms with Gasteiger partial charge in [-0.1, -0.05) is 6.92 Å². The fourth-order valence-electron chi connectivity index (χ4n) is 1.80. The van der Waals surface area contributed by atoms with Crippen LogP contribution in [-0.4, -0.2) is 19.9 Å². The summed E-state index contributed by atoms with van der Waals surface area (Å²) in [4.78, 5) is 9.10. The van der Waals surface area contributed by atoms with Gasteiger partial charge in [0.2, 0.25) is 10.0 Å². The van der Waals surface area contributed by atoms with E-state index in [-0.39, 0.29) is 17.6 Å². The van der Waals surface area contributed by atoms with Crippen molar-refractivity contribution in [2.75, 3.05) is 12.0 Å². The lowest BCUT2D eigenvalue weighted by atomic mass is 10.2. The lowest BCUT2D eigenvalue weighted by molar-refractivity contribution is -0.385. The van der Waals surface area contributed by atoms with Crippen LogP contribution in [0.1, 0.15) is 19.8 Å².